The minimum atomic E-state index is -3.50. The van der Waals surface area contributed by atoms with Crippen LogP contribution in [0.1, 0.15) is 39.2 Å². The van der Waals surface area contributed by atoms with E-state index >= 15 is 0 Å². The lowest BCUT2D eigenvalue weighted by Crippen LogP contribution is -2.49. The molecule has 0 unspecified atom stereocenters. The van der Waals surface area contributed by atoms with Crippen molar-refractivity contribution in [1.29, 1.82) is 0 Å². The highest BCUT2D eigenvalue weighted by molar-refractivity contribution is 7.92. The first-order valence-corrected chi connectivity index (χ1v) is 13.1. The Morgan fingerprint density at radius 2 is 1.62 bits per heavy atom. The van der Waals surface area contributed by atoms with Gasteiger partial charge in [-0.2, -0.15) is 0 Å². The number of methoxy groups -OCH3 is 1. The third-order valence-electron chi connectivity index (χ3n) is 5.31. The number of amides is 2. The molecule has 2 aromatic rings. The number of carbonyl (C=O) groups is 2. The summed E-state index contributed by atoms with van der Waals surface area (Å²) >= 11 is 0. The van der Waals surface area contributed by atoms with Crippen LogP contribution in [0.25, 0.3) is 0 Å². The largest absolute Gasteiger partial charge is 0.497 e. The zero-order chi connectivity index (χ0) is 25.3. The Labute approximate surface area is 202 Å². The first kappa shape index (κ1) is 27.2. The highest BCUT2D eigenvalue weighted by Crippen LogP contribution is 2.19. The van der Waals surface area contributed by atoms with Gasteiger partial charge in [0.05, 0.1) is 19.1 Å². The van der Waals surface area contributed by atoms with Crippen LogP contribution in [-0.2, 0) is 26.2 Å². The zero-order valence-corrected chi connectivity index (χ0v) is 21.3. The number of anilines is 1. The van der Waals surface area contributed by atoms with Crippen molar-refractivity contribution in [2.45, 2.75) is 52.2 Å². The number of nitrogens with one attached hydrogen (secondary N) is 1. The third kappa shape index (κ3) is 8.06. The normalized spacial score (nSPS) is 12.2. The standard InChI is InChI=1S/C25H35N3O5S/c1-19(2)26-25(30)20(3)27(18-21-13-15-23(33-4)16-14-21)24(29)12-9-17-28(34(5,31)32)22-10-7-6-8-11-22/h6-8,10-11,13-16,19-20H,9,12,17-18H2,1-5H3,(H,26,30)/t20-/m0/s1. The second-order valence-electron chi connectivity index (χ2n) is 8.48. The molecule has 34 heavy (non-hydrogen) atoms. The summed E-state index contributed by atoms with van der Waals surface area (Å²) in [4.78, 5) is 27.4. The average molecular weight is 490 g/mol. The summed E-state index contributed by atoms with van der Waals surface area (Å²) in [7, 11) is -1.92. The second kappa shape index (κ2) is 12.4. The topological polar surface area (TPSA) is 96.0 Å². The SMILES string of the molecule is COc1ccc(CN(C(=O)CCCN(c2ccccc2)S(C)(=O)=O)[C@@H](C)C(=O)NC(C)C)cc1. The molecule has 2 rings (SSSR count). The molecule has 9 heteroatoms. The molecule has 1 atom stereocenters. The Hall–Kier alpha value is -3.07. The van der Waals surface area contributed by atoms with Crippen LogP contribution in [0.15, 0.2) is 54.6 Å². The van der Waals surface area contributed by atoms with Crippen molar-refractivity contribution in [3.63, 3.8) is 0 Å². The van der Waals surface area contributed by atoms with Gasteiger partial charge in [0.1, 0.15) is 11.8 Å². The minimum Gasteiger partial charge on any atom is -0.497 e. The molecular weight excluding hydrogens is 454 g/mol. The van der Waals surface area contributed by atoms with Crippen LogP contribution in [0.4, 0.5) is 5.69 Å². The van der Waals surface area contributed by atoms with Crippen molar-refractivity contribution in [3.05, 3.63) is 60.2 Å². The Morgan fingerprint density at radius 1 is 1.00 bits per heavy atom. The molecule has 0 aliphatic carbocycles. The smallest absolute Gasteiger partial charge is 0.242 e. The Morgan fingerprint density at radius 3 is 2.15 bits per heavy atom. The minimum absolute atomic E-state index is 0.0536. The van der Waals surface area contributed by atoms with E-state index in [-0.39, 0.29) is 37.4 Å². The van der Waals surface area contributed by atoms with E-state index in [2.05, 4.69) is 5.32 Å². The first-order chi connectivity index (χ1) is 16.0. The van der Waals surface area contributed by atoms with Crippen LogP contribution in [0, 0.1) is 0 Å². The molecule has 0 saturated heterocycles. The fourth-order valence-electron chi connectivity index (χ4n) is 3.51. The first-order valence-electron chi connectivity index (χ1n) is 11.3. The predicted octanol–water partition coefficient (Wildman–Crippen LogP) is 3.18. The molecule has 0 saturated carbocycles. The molecule has 0 heterocycles. The van der Waals surface area contributed by atoms with Crippen molar-refractivity contribution in [3.8, 4) is 5.75 Å². The van der Waals surface area contributed by atoms with Crippen LogP contribution in [0.3, 0.4) is 0 Å². The number of sulfonamides is 1. The molecule has 2 aromatic carbocycles. The van der Waals surface area contributed by atoms with Crippen LogP contribution < -0.4 is 14.4 Å². The number of hydrogen-bond acceptors (Lipinski definition) is 5. The van der Waals surface area contributed by atoms with Crippen molar-refractivity contribution in [2.24, 2.45) is 0 Å². The van der Waals surface area contributed by atoms with Gasteiger partial charge in [0.2, 0.25) is 21.8 Å². The second-order valence-corrected chi connectivity index (χ2v) is 10.4. The van der Waals surface area contributed by atoms with Gasteiger partial charge < -0.3 is 15.0 Å². The summed E-state index contributed by atoms with van der Waals surface area (Å²) in [5.41, 5.74) is 1.41. The van der Waals surface area contributed by atoms with Gasteiger partial charge in [0.25, 0.3) is 0 Å². The van der Waals surface area contributed by atoms with Crippen molar-refractivity contribution in [2.75, 3.05) is 24.2 Å². The van der Waals surface area contributed by atoms with Crippen molar-refractivity contribution >= 4 is 27.5 Å². The van der Waals surface area contributed by atoms with Gasteiger partial charge in [0.15, 0.2) is 0 Å². The van der Waals surface area contributed by atoms with Crippen LogP contribution in [0.2, 0.25) is 0 Å². The van der Waals surface area contributed by atoms with Gasteiger partial charge in [-0.15, -0.1) is 0 Å². The van der Waals surface area contributed by atoms with Gasteiger partial charge in [-0.25, -0.2) is 8.42 Å². The van der Waals surface area contributed by atoms with E-state index in [4.69, 9.17) is 4.74 Å². The quantitative estimate of drug-likeness (QED) is 0.494. The summed E-state index contributed by atoms with van der Waals surface area (Å²) < 4.78 is 31.1. The van der Waals surface area contributed by atoms with Crippen LogP contribution in [0.5, 0.6) is 5.75 Å². The average Bonchev–Trinajstić information content (AvgIpc) is 2.79. The molecule has 0 radical (unpaired) electrons. The van der Waals surface area contributed by atoms with Gasteiger partial charge in [-0.05, 0) is 57.0 Å². The number of rotatable bonds is 12. The maximum Gasteiger partial charge on any atom is 0.242 e. The lowest BCUT2D eigenvalue weighted by atomic mass is 10.1. The number of benzene rings is 2. The van der Waals surface area contributed by atoms with Crippen molar-refractivity contribution < 1.29 is 22.7 Å². The molecule has 8 nitrogen and oxygen atoms in total. The fourth-order valence-corrected chi connectivity index (χ4v) is 4.48. The van der Waals surface area contributed by atoms with Gasteiger partial charge in [-0.1, -0.05) is 30.3 Å². The Bertz CT molecular complexity index is 1040. The predicted molar refractivity (Wildman–Crippen MR) is 134 cm³/mol. The van der Waals surface area contributed by atoms with E-state index < -0.39 is 16.1 Å². The molecule has 0 bridgehead atoms. The molecule has 186 valence electrons. The Balaban J connectivity index is 2.15. The molecular formula is C25H35N3O5S. The lowest BCUT2D eigenvalue weighted by molar-refractivity contribution is -0.140. The monoisotopic (exact) mass is 489 g/mol. The maximum absolute atomic E-state index is 13.2. The molecule has 0 aliphatic rings. The summed E-state index contributed by atoms with van der Waals surface area (Å²) in [6.07, 6.45) is 1.57. The molecule has 0 spiro atoms. The summed E-state index contributed by atoms with van der Waals surface area (Å²) in [6, 6.07) is 15.4. The summed E-state index contributed by atoms with van der Waals surface area (Å²) in [6.45, 7) is 5.85. The van der Waals surface area contributed by atoms with Gasteiger partial charge in [-0.3, -0.25) is 13.9 Å². The number of para-hydroxylation sites is 1. The lowest BCUT2D eigenvalue weighted by Gasteiger charge is -2.30. The Kier molecular flexibility index (Phi) is 9.92. The van der Waals surface area contributed by atoms with Crippen LogP contribution >= 0.6 is 0 Å². The molecule has 2 amide bonds. The molecule has 0 fully saturated rings. The number of ether oxygens (including phenoxy) is 1. The summed E-state index contributed by atoms with van der Waals surface area (Å²) in [5.74, 6) is 0.247. The number of hydrogen-bond donors (Lipinski definition) is 1. The van der Waals surface area contributed by atoms with Gasteiger partial charge in [0, 0.05) is 25.6 Å². The van der Waals surface area contributed by atoms with E-state index in [0.29, 0.717) is 17.9 Å². The summed E-state index contributed by atoms with van der Waals surface area (Å²) in [5, 5.41) is 2.86. The third-order valence-corrected chi connectivity index (χ3v) is 6.50. The molecule has 1 N–H and O–H groups in total. The zero-order valence-electron chi connectivity index (χ0n) is 20.5. The van der Waals surface area contributed by atoms with E-state index in [1.165, 1.54) is 9.21 Å². The van der Waals surface area contributed by atoms with E-state index in [9.17, 15) is 18.0 Å². The van der Waals surface area contributed by atoms with Crippen molar-refractivity contribution in [1.82, 2.24) is 10.2 Å². The molecule has 0 aliphatic heterocycles. The van der Waals surface area contributed by atoms with E-state index in [1.807, 2.05) is 32.0 Å². The number of nitrogens with zero attached hydrogens (tertiary/aromatic N) is 2. The highest BCUT2D eigenvalue weighted by atomic mass is 32.2. The number of carbonyl (C=O) groups excluding carboxylic acids is 2. The van der Waals surface area contributed by atoms with Crippen LogP contribution in [-0.4, -0.2) is 57.1 Å². The fraction of sp³-hybridized carbons (Fsp3) is 0.440. The molecule has 0 aromatic heterocycles. The highest BCUT2D eigenvalue weighted by Gasteiger charge is 2.27. The van der Waals surface area contributed by atoms with E-state index in [1.54, 1.807) is 50.4 Å². The van der Waals surface area contributed by atoms with Gasteiger partial charge >= 0.3 is 0 Å². The maximum atomic E-state index is 13.2. The van der Waals surface area contributed by atoms with E-state index in [0.717, 1.165) is 11.8 Å².